The maximum absolute atomic E-state index is 14.3. The van der Waals surface area contributed by atoms with Crippen LogP contribution in [0, 0.1) is 11.6 Å². The Balaban J connectivity index is 1.57. The molecule has 0 spiro atoms. The quantitative estimate of drug-likeness (QED) is 0.641. The fraction of sp³-hybridized carbons (Fsp3) is 0.458. The molecular weight excluding hydrogens is 386 g/mol. The molecule has 2 atom stereocenters. The molecular formula is C24H28F2N2O2. The van der Waals surface area contributed by atoms with Gasteiger partial charge in [0.15, 0.2) is 0 Å². The summed E-state index contributed by atoms with van der Waals surface area (Å²) in [7, 11) is 1.83. The number of amides is 1. The van der Waals surface area contributed by atoms with Crippen molar-refractivity contribution < 1.29 is 18.3 Å². The molecule has 1 amide bonds. The predicted octanol–water partition coefficient (Wildman–Crippen LogP) is 4.73. The van der Waals surface area contributed by atoms with Crippen molar-refractivity contribution in [3.63, 3.8) is 0 Å². The van der Waals surface area contributed by atoms with Gasteiger partial charge in [-0.15, -0.1) is 0 Å². The molecule has 2 aliphatic rings. The van der Waals surface area contributed by atoms with Crippen LogP contribution in [0.3, 0.4) is 0 Å². The van der Waals surface area contributed by atoms with Gasteiger partial charge in [-0.25, -0.2) is 8.78 Å². The van der Waals surface area contributed by atoms with Gasteiger partial charge in [0.25, 0.3) is 5.91 Å². The third kappa shape index (κ3) is 4.06. The minimum absolute atomic E-state index is 0.0120. The van der Waals surface area contributed by atoms with Crippen LogP contribution in [-0.4, -0.2) is 54.5 Å². The summed E-state index contributed by atoms with van der Waals surface area (Å²) < 4.78 is 33.8. The van der Waals surface area contributed by atoms with Crippen molar-refractivity contribution in [3.8, 4) is 16.9 Å². The van der Waals surface area contributed by atoms with E-state index < -0.39 is 11.6 Å². The molecule has 1 fully saturated rings. The first-order chi connectivity index (χ1) is 14.5. The number of ether oxygens (including phenoxy) is 1. The molecule has 2 aliphatic heterocycles. The van der Waals surface area contributed by atoms with Crippen LogP contribution in [0.5, 0.6) is 5.75 Å². The van der Waals surface area contributed by atoms with Gasteiger partial charge in [0.2, 0.25) is 0 Å². The molecule has 6 heteroatoms. The molecule has 1 saturated heterocycles. The number of hydrogen-bond acceptors (Lipinski definition) is 3. The molecule has 0 bridgehead atoms. The lowest BCUT2D eigenvalue weighted by Gasteiger charge is -2.25. The first kappa shape index (κ1) is 20.8. The lowest BCUT2D eigenvalue weighted by molar-refractivity contribution is 0.0682. The Morgan fingerprint density at radius 1 is 1.03 bits per heavy atom. The predicted molar refractivity (Wildman–Crippen MR) is 113 cm³/mol. The molecule has 0 saturated carbocycles. The van der Waals surface area contributed by atoms with E-state index in [1.807, 2.05) is 7.05 Å². The van der Waals surface area contributed by atoms with Crippen molar-refractivity contribution in [1.29, 1.82) is 0 Å². The van der Waals surface area contributed by atoms with E-state index >= 15 is 0 Å². The monoisotopic (exact) mass is 414 g/mol. The van der Waals surface area contributed by atoms with Crippen molar-refractivity contribution in [2.24, 2.45) is 0 Å². The number of carbonyl (C=O) groups is 1. The second-order valence-electron chi connectivity index (χ2n) is 8.30. The van der Waals surface area contributed by atoms with Crippen molar-refractivity contribution in [1.82, 2.24) is 9.80 Å². The van der Waals surface area contributed by atoms with Gasteiger partial charge >= 0.3 is 0 Å². The molecule has 0 radical (unpaired) electrons. The lowest BCUT2D eigenvalue weighted by atomic mass is 10.0. The highest BCUT2D eigenvalue weighted by Gasteiger charge is 2.42. The van der Waals surface area contributed by atoms with Crippen molar-refractivity contribution >= 4 is 5.91 Å². The minimum atomic E-state index is -0.635. The largest absolute Gasteiger partial charge is 0.486 e. The summed E-state index contributed by atoms with van der Waals surface area (Å²) in [6, 6.07) is 8.55. The second-order valence-corrected chi connectivity index (χ2v) is 8.30. The number of likely N-dealkylation sites (N-methyl/N-ethyl adjacent to an activating group) is 1. The van der Waals surface area contributed by atoms with Crippen LogP contribution in [0.1, 0.15) is 43.0 Å². The highest BCUT2D eigenvalue weighted by Crippen LogP contribution is 2.35. The molecule has 4 nitrogen and oxygen atoms in total. The summed E-state index contributed by atoms with van der Waals surface area (Å²) in [4.78, 5) is 17.2. The van der Waals surface area contributed by atoms with Crippen molar-refractivity contribution in [2.45, 2.75) is 44.8 Å². The van der Waals surface area contributed by atoms with Crippen molar-refractivity contribution in [3.05, 3.63) is 53.6 Å². The number of halogens is 2. The molecule has 0 aromatic heterocycles. The molecule has 0 N–H and O–H groups in total. The van der Waals surface area contributed by atoms with Gasteiger partial charge < -0.3 is 9.64 Å². The molecule has 2 aromatic carbocycles. The number of carbonyl (C=O) groups excluding carboxylic acids is 1. The minimum Gasteiger partial charge on any atom is -0.486 e. The molecule has 4 rings (SSSR count). The molecule has 30 heavy (non-hydrogen) atoms. The Morgan fingerprint density at radius 2 is 1.83 bits per heavy atom. The fourth-order valence-electron chi connectivity index (χ4n) is 4.46. The third-order valence-corrected chi connectivity index (χ3v) is 6.19. The van der Waals surface area contributed by atoms with Crippen LogP contribution in [0.25, 0.3) is 11.1 Å². The van der Waals surface area contributed by atoms with Gasteiger partial charge in [0.05, 0.1) is 11.6 Å². The van der Waals surface area contributed by atoms with Gasteiger partial charge in [-0.3, -0.25) is 9.69 Å². The van der Waals surface area contributed by atoms with E-state index in [1.54, 1.807) is 23.1 Å². The Labute approximate surface area is 176 Å². The Kier molecular flexibility index (Phi) is 6.04. The van der Waals surface area contributed by atoms with Gasteiger partial charge in [0.1, 0.15) is 23.5 Å². The number of likely N-dealkylation sites (tertiary alicyclic amines) is 1. The van der Waals surface area contributed by atoms with Gasteiger partial charge in [-0.1, -0.05) is 32.3 Å². The standard InChI is InChI=1S/C24H28F2N2O2/c1-3-4-5-6-11-28-14-21-23(15-28)30-22-12-16(7-9-19(22)24(29)27(21)2)18-10-8-17(25)13-20(18)26/h7-10,12-13,21,23H,3-6,11,14-15H2,1-2H3. The zero-order valence-corrected chi connectivity index (χ0v) is 17.5. The van der Waals surface area contributed by atoms with E-state index in [-0.39, 0.29) is 23.6 Å². The maximum Gasteiger partial charge on any atom is 0.257 e. The summed E-state index contributed by atoms with van der Waals surface area (Å²) in [5.74, 6) is -0.874. The van der Waals surface area contributed by atoms with Crippen LogP contribution in [0.15, 0.2) is 36.4 Å². The average molecular weight is 414 g/mol. The first-order valence-corrected chi connectivity index (χ1v) is 10.7. The zero-order chi connectivity index (χ0) is 21.3. The summed E-state index contributed by atoms with van der Waals surface area (Å²) >= 11 is 0. The Hall–Kier alpha value is -2.47. The summed E-state index contributed by atoms with van der Waals surface area (Å²) in [5.41, 5.74) is 1.33. The van der Waals surface area contributed by atoms with E-state index in [0.29, 0.717) is 16.9 Å². The van der Waals surface area contributed by atoms with Crippen molar-refractivity contribution in [2.75, 3.05) is 26.7 Å². The van der Waals surface area contributed by atoms with Crippen LogP contribution >= 0.6 is 0 Å². The smallest absolute Gasteiger partial charge is 0.257 e. The second kappa shape index (κ2) is 8.72. The molecule has 2 heterocycles. The van der Waals surface area contributed by atoms with Gasteiger partial charge in [-0.2, -0.15) is 0 Å². The topological polar surface area (TPSA) is 32.8 Å². The summed E-state index contributed by atoms with van der Waals surface area (Å²) in [6.07, 6.45) is 4.69. The molecule has 160 valence electrons. The van der Waals surface area contributed by atoms with E-state index in [9.17, 15) is 13.6 Å². The average Bonchev–Trinajstić information content (AvgIpc) is 3.09. The third-order valence-electron chi connectivity index (χ3n) is 6.19. The summed E-state index contributed by atoms with van der Waals surface area (Å²) in [6.45, 7) is 4.77. The molecule has 0 aliphatic carbocycles. The highest BCUT2D eigenvalue weighted by atomic mass is 19.1. The first-order valence-electron chi connectivity index (χ1n) is 10.7. The Morgan fingerprint density at radius 3 is 2.60 bits per heavy atom. The van der Waals surface area contributed by atoms with Crippen LogP contribution < -0.4 is 4.74 Å². The maximum atomic E-state index is 14.3. The van der Waals surface area contributed by atoms with E-state index in [1.165, 1.54) is 31.4 Å². The fourth-order valence-corrected chi connectivity index (χ4v) is 4.46. The number of benzene rings is 2. The number of nitrogens with zero attached hydrogens (tertiary/aromatic N) is 2. The molecule has 2 unspecified atom stereocenters. The number of rotatable bonds is 6. The summed E-state index contributed by atoms with van der Waals surface area (Å²) in [5, 5.41) is 0. The number of unbranched alkanes of at least 4 members (excludes halogenated alkanes) is 3. The van der Waals surface area contributed by atoms with Crippen LogP contribution in [0.4, 0.5) is 8.78 Å². The van der Waals surface area contributed by atoms with E-state index in [4.69, 9.17) is 4.74 Å². The normalized spacial score (nSPS) is 21.2. The van der Waals surface area contributed by atoms with Gasteiger partial charge in [0, 0.05) is 31.8 Å². The number of hydrogen-bond donors (Lipinski definition) is 0. The Bertz CT molecular complexity index is 933. The number of fused-ring (bicyclic) bond motifs is 2. The highest BCUT2D eigenvalue weighted by molar-refractivity contribution is 5.98. The van der Waals surface area contributed by atoms with E-state index in [0.717, 1.165) is 32.1 Å². The zero-order valence-electron chi connectivity index (χ0n) is 17.5. The molecule has 2 aromatic rings. The van der Waals surface area contributed by atoms with Gasteiger partial charge in [-0.05, 0) is 42.8 Å². The van der Waals surface area contributed by atoms with Crippen LogP contribution in [-0.2, 0) is 0 Å². The SMILES string of the molecule is CCCCCCN1CC2Oc3cc(-c4ccc(F)cc4F)ccc3C(=O)N(C)C2C1. The lowest BCUT2D eigenvalue weighted by Crippen LogP contribution is -2.44. The van der Waals surface area contributed by atoms with E-state index in [2.05, 4.69) is 11.8 Å². The van der Waals surface area contributed by atoms with Crippen LogP contribution in [0.2, 0.25) is 0 Å².